The Morgan fingerprint density at radius 3 is 2.80 bits per heavy atom. The van der Waals surface area contributed by atoms with Gasteiger partial charge in [-0.25, -0.2) is 4.98 Å². The van der Waals surface area contributed by atoms with Gasteiger partial charge in [-0.3, -0.25) is 9.59 Å². The molecule has 154 valence electrons. The number of nitrogens with zero attached hydrogens (tertiary/aromatic N) is 2. The van der Waals surface area contributed by atoms with Crippen molar-refractivity contribution >= 4 is 34.0 Å². The Bertz CT molecular complexity index is 1080. The van der Waals surface area contributed by atoms with Crippen molar-refractivity contribution in [2.24, 2.45) is 0 Å². The van der Waals surface area contributed by atoms with Crippen LogP contribution in [-0.2, 0) is 16.0 Å². The third kappa shape index (κ3) is 4.36. The lowest BCUT2D eigenvalue weighted by atomic mass is 10.1. The number of carbonyl (C=O) groups is 2. The van der Waals surface area contributed by atoms with Crippen LogP contribution in [0.3, 0.4) is 0 Å². The van der Waals surface area contributed by atoms with Crippen molar-refractivity contribution in [3.63, 3.8) is 0 Å². The number of amides is 2. The fourth-order valence-electron chi connectivity index (χ4n) is 3.37. The van der Waals surface area contributed by atoms with Gasteiger partial charge in [0.25, 0.3) is 5.91 Å². The van der Waals surface area contributed by atoms with Crippen LogP contribution in [0.25, 0.3) is 11.3 Å². The number of anilines is 2. The summed E-state index contributed by atoms with van der Waals surface area (Å²) in [6.45, 7) is 4.63. The van der Waals surface area contributed by atoms with Crippen LogP contribution in [0.5, 0.6) is 5.75 Å². The molecule has 0 unspecified atom stereocenters. The van der Waals surface area contributed by atoms with E-state index in [2.05, 4.69) is 22.4 Å². The fourth-order valence-corrected chi connectivity index (χ4v) is 4.10. The highest BCUT2D eigenvalue weighted by Crippen LogP contribution is 2.36. The lowest BCUT2D eigenvalue weighted by Crippen LogP contribution is -2.38. The first kappa shape index (κ1) is 20.1. The van der Waals surface area contributed by atoms with Gasteiger partial charge in [0.1, 0.15) is 5.75 Å². The lowest BCUT2D eigenvalue weighted by molar-refractivity contribution is -0.121. The van der Waals surface area contributed by atoms with E-state index in [0.29, 0.717) is 30.3 Å². The number of thiazole rings is 1. The average molecular weight is 422 g/mol. The Morgan fingerprint density at radius 1 is 1.23 bits per heavy atom. The molecule has 2 heterocycles. The van der Waals surface area contributed by atoms with E-state index in [1.807, 2.05) is 49.6 Å². The molecule has 2 amide bonds. The van der Waals surface area contributed by atoms with Gasteiger partial charge in [0.05, 0.1) is 11.4 Å². The van der Waals surface area contributed by atoms with Crippen LogP contribution < -0.4 is 15.0 Å². The van der Waals surface area contributed by atoms with Gasteiger partial charge < -0.3 is 15.0 Å². The van der Waals surface area contributed by atoms with E-state index in [-0.39, 0.29) is 18.4 Å². The zero-order valence-electron chi connectivity index (χ0n) is 17.0. The first-order chi connectivity index (χ1) is 14.5. The molecule has 4 rings (SSSR count). The highest BCUT2D eigenvalue weighted by Gasteiger charge is 2.24. The molecular formula is C23H23N3O3S. The number of hydrogen-bond donors (Lipinski definition) is 1. The zero-order chi connectivity index (χ0) is 21.1. The van der Waals surface area contributed by atoms with Crippen molar-refractivity contribution in [3.05, 3.63) is 59.0 Å². The summed E-state index contributed by atoms with van der Waals surface area (Å²) in [5.41, 5.74) is 4.73. The molecule has 7 heteroatoms. The molecule has 1 aliphatic rings. The van der Waals surface area contributed by atoms with E-state index in [1.165, 1.54) is 16.9 Å². The molecule has 1 aromatic heterocycles. The number of carbonyl (C=O) groups excluding carboxylic acids is 2. The predicted molar refractivity (Wildman–Crippen MR) is 119 cm³/mol. The van der Waals surface area contributed by atoms with Crippen LogP contribution >= 0.6 is 11.3 Å². The number of benzene rings is 2. The van der Waals surface area contributed by atoms with Crippen LogP contribution in [-0.4, -0.2) is 29.9 Å². The number of aromatic nitrogens is 1. The topological polar surface area (TPSA) is 71.5 Å². The van der Waals surface area contributed by atoms with Gasteiger partial charge in [0.2, 0.25) is 5.91 Å². The number of hydrogen-bond acceptors (Lipinski definition) is 5. The van der Waals surface area contributed by atoms with Crippen molar-refractivity contribution in [3.8, 4) is 17.0 Å². The summed E-state index contributed by atoms with van der Waals surface area (Å²) in [4.78, 5) is 30.6. The van der Waals surface area contributed by atoms with Crippen LogP contribution in [0.15, 0.2) is 47.8 Å². The molecule has 0 bridgehead atoms. The van der Waals surface area contributed by atoms with Gasteiger partial charge in [0, 0.05) is 23.9 Å². The van der Waals surface area contributed by atoms with E-state index in [9.17, 15) is 9.59 Å². The van der Waals surface area contributed by atoms with E-state index >= 15 is 0 Å². The maximum absolute atomic E-state index is 12.3. The number of nitrogens with one attached hydrogen (secondary N) is 1. The largest absolute Gasteiger partial charge is 0.482 e. The Labute approximate surface area is 179 Å². The number of rotatable bonds is 6. The predicted octanol–water partition coefficient (Wildman–Crippen LogP) is 4.44. The molecule has 0 saturated carbocycles. The van der Waals surface area contributed by atoms with Crippen molar-refractivity contribution in [2.45, 2.75) is 26.7 Å². The summed E-state index contributed by atoms with van der Waals surface area (Å²) in [6.07, 6.45) is 1.10. The normalized spacial score (nSPS) is 13.0. The number of likely N-dealkylation sites (N-methyl/N-ethyl adjacent to an activating group) is 1. The highest BCUT2D eigenvalue weighted by molar-refractivity contribution is 7.14. The van der Waals surface area contributed by atoms with Crippen molar-refractivity contribution in [2.75, 3.05) is 23.4 Å². The summed E-state index contributed by atoms with van der Waals surface area (Å²) < 4.78 is 5.52. The number of ether oxygens (including phenoxy) is 1. The Hall–Kier alpha value is -3.19. The van der Waals surface area contributed by atoms with Gasteiger partial charge in [-0.2, -0.15) is 0 Å². The molecule has 6 nitrogen and oxygen atoms in total. The molecule has 0 spiro atoms. The SMILES string of the molecule is CCN1C(=O)COc2ccc(-c3csc(NC(=O)CCc4ccc(C)cc4)n3)cc21. The molecule has 0 fully saturated rings. The van der Waals surface area contributed by atoms with Crippen molar-refractivity contribution in [1.82, 2.24) is 4.98 Å². The smallest absolute Gasteiger partial charge is 0.265 e. The fraction of sp³-hybridized carbons (Fsp3) is 0.261. The molecule has 0 radical (unpaired) electrons. The lowest BCUT2D eigenvalue weighted by Gasteiger charge is -2.28. The molecular weight excluding hydrogens is 398 g/mol. The minimum Gasteiger partial charge on any atom is -0.482 e. The molecule has 1 N–H and O–H groups in total. The standard InChI is InChI=1S/C23H23N3O3S/c1-3-26-19-12-17(9-10-20(19)29-13-22(26)28)18-14-30-23(24-18)25-21(27)11-8-16-6-4-15(2)5-7-16/h4-7,9-10,12,14H,3,8,11,13H2,1-2H3,(H,24,25,27). The van der Waals surface area contributed by atoms with Crippen molar-refractivity contribution < 1.29 is 14.3 Å². The third-order valence-electron chi connectivity index (χ3n) is 5.03. The van der Waals surface area contributed by atoms with Gasteiger partial charge in [-0.05, 0) is 44.0 Å². The van der Waals surface area contributed by atoms with Crippen LogP contribution in [0.2, 0.25) is 0 Å². The maximum Gasteiger partial charge on any atom is 0.265 e. The van der Waals surface area contributed by atoms with Gasteiger partial charge in [0.15, 0.2) is 11.7 Å². The number of fused-ring (bicyclic) bond motifs is 1. The van der Waals surface area contributed by atoms with Crippen LogP contribution in [0, 0.1) is 6.92 Å². The van der Waals surface area contributed by atoms with E-state index in [4.69, 9.17) is 4.74 Å². The van der Waals surface area contributed by atoms with Crippen LogP contribution in [0.1, 0.15) is 24.5 Å². The third-order valence-corrected chi connectivity index (χ3v) is 5.78. The van der Waals surface area contributed by atoms with Crippen LogP contribution in [0.4, 0.5) is 10.8 Å². The molecule has 1 aliphatic heterocycles. The Balaban J connectivity index is 1.43. The summed E-state index contributed by atoms with van der Waals surface area (Å²) in [5, 5.41) is 5.35. The second kappa shape index (κ2) is 8.67. The van der Waals surface area contributed by atoms with E-state index in [0.717, 1.165) is 22.5 Å². The molecule has 30 heavy (non-hydrogen) atoms. The summed E-state index contributed by atoms with van der Waals surface area (Å²) >= 11 is 1.39. The van der Waals surface area contributed by atoms with E-state index in [1.54, 1.807) is 4.90 Å². The minimum atomic E-state index is -0.0573. The highest BCUT2D eigenvalue weighted by atomic mass is 32.1. The van der Waals surface area contributed by atoms with Gasteiger partial charge in [-0.15, -0.1) is 11.3 Å². The second-order valence-electron chi connectivity index (χ2n) is 7.18. The Morgan fingerprint density at radius 2 is 2.03 bits per heavy atom. The first-order valence-electron chi connectivity index (χ1n) is 9.92. The number of aryl methyl sites for hydroxylation is 2. The Kier molecular flexibility index (Phi) is 5.81. The second-order valence-corrected chi connectivity index (χ2v) is 8.04. The summed E-state index contributed by atoms with van der Waals surface area (Å²) in [6, 6.07) is 13.9. The summed E-state index contributed by atoms with van der Waals surface area (Å²) in [5.74, 6) is 0.583. The maximum atomic E-state index is 12.3. The van der Waals surface area contributed by atoms with Crippen molar-refractivity contribution in [1.29, 1.82) is 0 Å². The average Bonchev–Trinajstić information content (AvgIpc) is 3.21. The molecule has 3 aromatic rings. The molecule has 2 aromatic carbocycles. The molecule has 0 saturated heterocycles. The van der Waals surface area contributed by atoms with Gasteiger partial charge in [-0.1, -0.05) is 29.8 Å². The minimum absolute atomic E-state index is 0.0537. The molecule has 0 atom stereocenters. The molecule has 0 aliphatic carbocycles. The zero-order valence-corrected chi connectivity index (χ0v) is 17.8. The monoisotopic (exact) mass is 421 g/mol. The summed E-state index contributed by atoms with van der Waals surface area (Å²) in [7, 11) is 0. The van der Waals surface area contributed by atoms with E-state index < -0.39 is 0 Å². The first-order valence-corrected chi connectivity index (χ1v) is 10.8. The quantitative estimate of drug-likeness (QED) is 0.639. The van der Waals surface area contributed by atoms with Gasteiger partial charge >= 0.3 is 0 Å².